The number of rotatable bonds is 13. The highest BCUT2D eigenvalue weighted by atomic mass is 35.5. The summed E-state index contributed by atoms with van der Waals surface area (Å²) in [7, 11) is 0. The van der Waals surface area contributed by atoms with Crippen molar-refractivity contribution < 1.29 is 23.9 Å². The summed E-state index contributed by atoms with van der Waals surface area (Å²) in [4.78, 5) is 67.4. The molecule has 3 aliphatic carbocycles. The van der Waals surface area contributed by atoms with Crippen LogP contribution in [0.15, 0.2) is 23.9 Å². The Kier molecular flexibility index (Phi) is 10.2. The summed E-state index contributed by atoms with van der Waals surface area (Å²) in [5, 5.41) is 3.81. The average molecular weight is 660 g/mol. The van der Waals surface area contributed by atoms with Crippen molar-refractivity contribution in [3.05, 3.63) is 23.9 Å². The summed E-state index contributed by atoms with van der Waals surface area (Å²) in [6.45, 7) is 10.6. The van der Waals surface area contributed by atoms with Crippen LogP contribution in [0.1, 0.15) is 78.6 Å². The van der Waals surface area contributed by atoms with Crippen LogP contribution in [0.3, 0.4) is 0 Å². The zero-order chi connectivity index (χ0) is 32.5. The van der Waals surface area contributed by atoms with Crippen molar-refractivity contribution in [1.29, 1.82) is 0 Å². The number of ether oxygens (including phenoxy) is 1. The van der Waals surface area contributed by atoms with Crippen molar-refractivity contribution in [2.45, 2.75) is 95.9 Å². The van der Waals surface area contributed by atoms with E-state index >= 15 is 0 Å². The van der Waals surface area contributed by atoms with Crippen LogP contribution in [0.5, 0.6) is 0 Å². The molecule has 5 rings (SSSR count). The van der Waals surface area contributed by atoms with Crippen LogP contribution in [0.2, 0.25) is 5.15 Å². The first-order chi connectivity index (χ1) is 21.3. The van der Waals surface area contributed by atoms with E-state index in [0.29, 0.717) is 29.9 Å². The van der Waals surface area contributed by atoms with Crippen molar-refractivity contribution >= 4 is 52.7 Å². The van der Waals surface area contributed by atoms with Crippen molar-refractivity contribution in [2.24, 2.45) is 28.6 Å². The summed E-state index contributed by atoms with van der Waals surface area (Å²) < 4.78 is 5.75. The fourth-order valence-electron chi connectivity index (χ4n) is 6.67. The third-order valence-electron chi connectivity index (χ3n) is 9.84. The predicted molar refractivity (Wildman–Crippen MR) is 174 cm³/mol. The van der Waals surface area contributed by atoms with Gasteiger partial charge in [0, 0.05) is 25.6 Å². The van der Waals surface area contributed by atoms with E-state index in [1.807, 2.05) is 31.9 Å². The van der Waals surface area contributed by atoms with Crippen molar-refractivity contribution in [3.63, 3.8) is 0 Å². The highest BCUT2D eigenvalue weighted by Gasteiger charge is 2.60. The number of amides is 2. The molecular weight excluding hydrogens is 614 g/mol. The van der Waals surface area contributed by atoms with Gasteiger partial charge in [-0.25, -0.2) is 9.97 Å². The number of nitrogens with one attached hydrogen (secondary N) is 1. The number of aromatic nitrogens is 2. The second kappa shape index (κ2) is 13.6. The Bertz CT molecular complexity index is 1330. The normalized spacial score (nSPS) is 25.6. The number of ketones is 1. The summed E-state index contributed by atoms with van der Waals surface area (Å²) in [5.41, 5.74) is -1.43. The molecule has 2 amide bonds. The number of nitrogens with zero attached hydrogens (tertiary/aromatic N) is 4. The van der Waals surface area contributed by atoms with Gasteiger partial charge in [-0.3, -0.25) is 19.2 Å². The fraction of sp³-hybridized carbons (Fsp3) is 0.697. The van der Waals surface area contributed by atoms with Gasteiger partial charge in [0.2, 0.25) is 11.8 Å². The molecule has 4 aliphatic rings. The third-order valence-corrected chi connectivity index (χ3v) is 10.6. The van der Waals surface area contributed by atoms with E-state index < -0.39 is 22.8 Å². The Labute approximate surface area is 275 Å². The Balaban J connectivity index is 1.40. The molecule has 1 aliphatic heterocycles. The molecule has 4 fully saturated rings. The molecule has 0 aromatic carbocycles. The maximum Gasteiger partial charge on any atom is 0.306 e. The van der Waals surface area contributed by atoms with Gasteiger partial charge in [-0.2, -0.15) is 0 Å². The maximum atomic E-state index is 14.4. The molecule has 1 aromatic rings. The van der Waals surface area contributed by atoms with Gasteiger partial charge in [-0.05, 0) is 68.5 Å². The number of esters is 1. The quantitative estimate of drug-likeness (QED) is 0.102. The lowest BCUT2D eigenvalue weighted by atomic mass is 9.77. The van der Waals surface area contributed by atoms with Crippen molar-refractivity contribution in [3.8, 4) is 0 Å². The van der Waals surface area contributed by atoms with Gasteiger partial charge in [0.15, 0.2) is 10.9 Å². The summed E-state index contributed by atoms with van der Waals surface area (Å²) in [5.74, 6) is -0.778. The van der Waals surface area contributed by atoms with Crippen molar-refractivity contribution in [1.82, 2.24) is 20.2 Å². The second-order valence-electron chi connectivity index (χ2n) is 14.2. The summed E-state index contributed by atoms with van der Waals surface area (Å²) in [6, 6.07) is 0.789. The highest BCUT2D eigenvalue weighted by Crippen LogP contribution is 2.56. The number of hydrogen-bond acceptors (Lipinski definition) is 9. The minimum Gasteiger partial charge on any atom is -0.462 e. The van der Waals surface area contributed by atoms with Gasteiger partial charge in [-0.15, -0.1) is 6.58 Å². The smallest absolute Gasteiger partial charge is 0.306 e. The molecule has 2 heterocycles. The molecule has 1 aromatic heterocycles. The SMILES string of the molecule is C=C[C@@H]1C[C@]1(CC(=O)[C@@H]1CN(c2cc(Cl)nc(SC)n2)CN1C(=O)[C@@H](CC(=O)OC1CCCC1)C(C)(C)C)C(=O)NCC1CC1. The number of carbonyl (C=O) groups excluding carboxylic acids is 4. The van der Waals surface area contributed by atoms with Gasteiger partial charge >= 0.3 is 5.97 Å². The van der Waals surface area contributed by atoms with Crippen LogP contribution in [-0.2, 0) is 23.9 Å². The number of halogens is 1. The molecule has 0 radical (unpaired) electrons. The van der Waals surface area contributed by atoms with Gasteiger partial charge in [0.1, 0.15) is 23.1 Å². The standard InChI is InChI=1S/C33H46ClN5O5S/c1-6-21-15-33(21,30(43)35-17-20-11-12-20)16-25(40)24-18-38(27-14-26(34)36-31(37-27)45-5)19-39(24)29(42)23(32(2,3)4)13-28(41)44-22-9-7-8-10-22/h6,14,20-24H,1,7-13,15-19H2,2-5H3,(H,35,43)/t21-,23-,24+,33-/m1/s1. The molecule has 3 saturated carbocycles. The highest BCUT2D eigenvalue weighted by molar-refractivity contribution is 7.98. The largest absolute Gasteiger partial charge is 0.462 e. The van der Waals surface area contributed by atoms with E-state index in [1.54, 1.807) is 17.0 Å². The molecule has 0 unspecified atom stereocenters. The lowest BCUT2D eigenvalue weighted by molar-refractivity contribution is -0.156. The zero-order valence-corrected chi connectivity index (χ0v) is 28.4. The van der Waals surface area contributed by atoms with E-state index in [0.717, 1.165) is 38.5 Å². The molecule has 10 nitrogen and oxygen atoms in total. The summed E-state index contributed by atoms with van der Waals surface area (Å²) in [6.07, 6.45) is 9.97. The molecule has 246 valence electrons. The molecule has 4 atom stereocenters. The number of thioether (sulfide) groups is 1. The van der Waals surface area contributed by atoms with Crippen molar-refractivity contribution in [2.75, 3.05) is 30.9 Å². The molecule has 45 heavy (non-hydrogen) atoms. The van der Waals surface area contributed by atoms with Gasteiger partial charge in [0.25, 0.3) is 0 Å². The van der Waals surface area contributed by atoms with Gasteiger partial charge < -0.3 is 19.9 Å². The van der Waals surface area contributed by atoms with Gasteiger partial charge in [-0.1, -0.05) is 50.2 Å². The number of hydrogen-bond donors (Lipinski definition) is 1. The monoisotopic (exact) mass is 659 g/mol. The lowest BCUT2D eigenvalue weighted by Gasteiger charge is -2.34. The molecule has 0 spiro atoms. The molecular formula is C33H46ClN5O5S. The van der Waals surface area contributed by atoms with E-state index in [1.165, 1.54) is 11.8 Å². The van der Waals surface area contributed by atoms with E-state index in [-0.39, 0.29) is 66.8 Å². The Morgan fingerprint density at radius 2 is 1.91 bits per heavy atom. The predicted octanol–water partition coefficient (Wildman–Crippen LogP) is 5.04. The molecule has 1 N–H and O–H groups in total. The van der Waals surface area contributed by atoms with Crippen LogP contribution in [0.25, 0.3) is 0 Å². The fourth-order valence-corrected chi connectivity index (χ4v) is 7.28. The molecule has 12 heteroatoms. The number of anilines is 1. The Morgan fingerprint density at radius 1 is 1.20 bits per heavy atom. The third kappa shape index (κ3) is 7.84. The first kappa shape index (κ1) is 33.7. The molecule has 0 bridgehead atoms. The number of carbonyl (C=O) groups is 4. The van der Waals surface area contributed by atoms with Gasteiger partial charge in [0.05, 0.1) is 24.4 Å². The first-order valence-electron chi connectivity index (χ1n) is 16.1. The van der Waals surface area contributed by atoms with Crippen LogP contribution >= 0.6 is 23.4 Å². The zero-order valence-electron chi connectivity index (χ0n) is 26.9. The van der Waals surface area contributed by atoms with Crippen LogP contribution in [-0.4, -0.2) is 76.6 Å². The van der Waals surface area contributed by atoms with E-state index in [2.05, 4.69) is 21.9 Å². The number of allylic oxidation sites excluding steroid dienone is 1. The average Bonchev–Trinajstić information content (AvgIpc) is 3.83. The van der Waals surface area contributed by atoms with Crippen LogP contribution in [0, 0.1) is 28.6 Å². The molecule has 1 saturated heterocycles. The van der Waals surface area contributed by atoms with E-state index in [4.69, 9.17) is 16.3 Å². The minimum absolute atomic E-state index is 0.00692. The van der Waals surface area contributed by atoms with Crippen LogP contribution in [0.4, 0.5) is 5.82 Å². The van der Waals surface area contributed by atoms with E-state index in [9.17, 15) is 19.2 Å². The summed E-state index contributed by atoms with van der Waals surface area (Å²) >= 11 is 7.66. The Hall–Kier alpha value is -2.66. The maximum absolute atomic E-state index is 14.4. The second-order valence-corrected chi connectivity index (χ2v) is 15.4. The lowest BCUT2D eigenvalue weighted by Crippen LogP contribution is -2.49. The topological polar surface area (TPSA) is 122 Å². The number of Topliss-reactive ketones (excluding diaryl/α,β-unsaturated/α-hetero) is 1. The van der Waals surface area contributed by atoms with Crippen LogP contribution < -0.4 is 10.2 Å². The minimum atomic E-state index is -0.853. The first-order valence-corrected chi connectivity index (χ1v) is 17.7. The Morgan fingerprint density at radius 3 is 2.51 bits per heavy atom.